The molecule has 5 rings (SSSR count). The number of ether oxygens (including phenoxy) is 1. The van der Waals surface area contributed by atoms with Crippen LogP contribution in [0.25, 0.3) is 22.1 Å². The number of rotatable bonds is 3. The maximum atomic E-state index is 13.7. The Morgan fingerprint density at radius 2 is 1.90 bits per heavy atom. The highest BCUT2D eigenvalue weighted by atomic mass is 35.5. The first kappa shape index (κ1) is 17.7. The molecule has 142 valence electrons. The van der Waals surface area contributed by atoms with Gasteiger partial charge in [-0.25, -0.2) is 14.4 Å². The van der Waals surface area contributed by atoms with Crippen molar-refractivity contribution in [1.82, 2.24) is 19.4 Å². The lowest BCUT2D eigenvalue weighted by Gasteiger charge is -2.05. The van der Waals surface area contributed by atoms with Gasteiger partial charge in [0.1, 0.15) is 5.75 Å². The van der Waals surface area contributed by atoms with Gasteiger partial charge in [-0.1, -0.05) is 35.6 Å². The molecule has 0 bridgehead atoms. The third-order valence-electron chi connectivity index (χ3n) is 4.22. The van der Waals surface area contributed by atoms with E-state index in [2.05, 4.69) is 15.0 Å². The first-order valence-electron chi connectivity index (χ1n) is 8.46. The Morgan fingerprint density at radius 1 is 1.10 bits per heavy atom. The molecule has 3 aromatic heterocycles. The summed E-state index contributed by atoms with van der Waals surface area (Å²) < 4.78 is 21.3. The Balaban J connectivity index is 1.49. The zero-order valence-corrected chi connectivity index (χ0v) is 16.1. The third kappa shape index (κ3) is 3.22. The topological polar surface area (TPSA) is 69.4 Å². The number of halogens is 2. The number of para-hydroxylation sites is 2. The van der Waals surface area contributed by atoms with Crippen LogP contribution in [-0.4, -0.2) is 19.4 Å². The smallest absolute Gasteiger partial charge is 0.274 e. The van der Waals surface area contributed by atoms with Crippen LogP contribution < -0.4 is 14.8 Å². The van der Waals surface area contributed by atoms with Gasteiger partial charge in [-0.15, -0.1) is 0 Å². The minimum atomic E-state index is -0.713. The number of aromatic nitrogens is 4. The number of hydrogen-bond acceptors (Lipinski definition) is 6. The minimum absolute atomic E-state index is 0.107. The first-order chi connectivity index (χ1) is 14.1. The largest absolute Gasteiger partial charge is 0.436 e. The van der Waals surface area contributed by atoms with Crippen LogP contribution in [0.4, 0.5) is 4.39 Å². The maximum absolute atomic E-state index is 13.7. The van der Waals surface area contributed by atoms with Gasteiger partial charge in [0.25, 0.3) is 11.4 Å². The number of benzene rings is 2. The normalized spacial score (nSPS) is 12.1. The summed E-state index contributed by atoms with van der Waals surface area (Å²) in [4.78, 5) is 25.2. The molecule has 29 heavy (non-hydrogen) atoms. The van der Waals surface area contributed by atoms with E-state index < -0.39 is 5.82 Å². The van der Waals surface area contributed by atoms with Gasteiger partial charge in [-0.05, 0) is 47.5 Å². The molecule has 0 unspecified atom stereocenters. The van der Waals surface area contributed by atoms with E-state index in [1.165, 1.54) is 11.3 Å². The Labute approximate surface area is 171 Å². The second-order valence-corrected chi connectivity index (χ2v) is 7.44. The first-order valence-corrected chi connectivity index (χ1v) is 9.65. The SMILES string of the molecule is O=c1/c(=C/c2ccc(Oc3nc(Cl)ncc3F)cc2)sc2nc3ccccc3n12. The van der Waals surface area contributed by atoms with E-state index in [0.717, 1.165) is 22.8 Å². The molecule has 0 atom stereocenters. The van der Waals surface area contributed by atoms with Crippen molar-refractivity contribution in [1.29, 1.82) is 0 Å². The molecule has 2 aromatic carbocycles. The number of thiazole rings is 1. The van der Waals surface area contributed by atoms with Crippen LogP contribution in [0, 0.1) is 5.82 Å². The summed E-state index contributed by atoms with van der Waals surface area (Å²) in [5, 5.41) is -0.107. The molecule has 0 aliphatic heterocycles. The average molecular weight is 425 g/mol. The minimum Gasteiger partial charge on any atom is -0.436 e. The van der Waals surface area contributed by atoms with E-state index in [9.17, 15) is 9.18 Å². The predicted octanol–water partition coefficient (Wildman–Crippen LogP) is 3.83. The highest BCUT2D eigenvalue weighted by molar-refractivity contribution is 7.15. The summed E-state index contributed by atoms with van der Waals surface area (Å²) in [6.07, 6.45) is 2.72. The Hall–Kier alpha value is -3.36. The predicted molar refractivity (Wildman–Crippen MR) is 109 cm³/mol. The van der Waals surface area contributed by atoms with Crippen molar-refractivity contribution in [3.05, 3.63) is 86.3 Å². The molecular formula is C20H10ClFN4O2S. The van der Waals surface area contributed by atoms with E-state index in [1.807, 2.05) is 24.3 Å². The van der Waals surface area contributed by atoms with Gasteiger partial charge in [0.2, 0.25) is 11.1 Å². The van der Waals surface area contributed by atoms with Crippen LogP contribution in [0.5, 0.6) is 11.6 Å². The van der Waals surface area contributed by atoms with Crippen LogP contribution >= 0.6 is 22.9 Å². The second-order valence-electron chi connectivity index (χ2n) is 6.10. The highest BCUT2D eigenvalue weighted by Gasteiger charge is 2.11. The van der Waals surface area contributed by atoms with Gasteiger partial charge in [0.05, 0.1) is 21.8 Å². The van der Waals surface area contributed by atoms with Crippen LogP contribution in [-0.2, 0) is 0 Å². The van der Waals surface area contributed by atoms with Gasteiger partial charge < -0.3 is 4.74 Å². The molecule has 0 saturated heterocycles. The third-order valence-corrected chi connectivity index (χ3v) is 5.37. The standard InChI is InChI=1S/C20H10ClFN4O2S/c21-19-23-10-13(22)17(25-19)28-12-7-5-11(6-8-12)9-16-18(27)26-15-4-2-1-3-14(15)24-20(26)29-16/h1-10H/b16-9-. The molecule has 0 aliphatic rings. The zero-order valence-electron chi connectivity index (χ0n) is 14.5. The number of nitrogens with zero attached hydrogens (tertiary/aromatic N) is 4. The molecule has 0 fully saturated rings. The molecule has 9 heteroatoms. The Kier molecular flexibility index (Phi) is 4.22. The summed E-state index contributed by atoms with van der Waals surface area (Å²) >= 11 is 6.99. The summed E-state index contributed by atoms with van der Waals surface area (Å²) in [5.41, 5.74) is 2.26. The van der Waals surface area contributed by atoms with Crippen LogP contribution in [0.15, 0.2) is 59.5 Å². The summed E-state index contributed by atoms with van der Waals surface area (Å²) in [7, 11) is 0. The van der Waals surface area contributed by atoms with E-state index in [0.29, 0.717) is 15.2 Å². The quantitative estimate of drug-likeness (QED) is 0.412. The van der Waals surface area contributed by atoms with E-state index in [1.54, 1.807) is 34.7 Å². The molecule has 0 spiro atoms. The van der Waals surface area contributed by atoms with Crippen LogP contribution in [0.2, 0.25) is 5.28 Å². The lowest BCUT2D eigenvalue weighted by molar-refractivity contribution is 0.420. The fraction of sp³-hybridized carbons (Fsp3) is 0. The summed E-state index contributed by atoms with van der Waals surface area (Å²) in [6, 6.07) is 14.3. The molecule has 0 radical (unpaired) electrons. The summed E-state index contributed by atoms with van der Waals surface area (Å²) in [5.74, 6) is -0.588. The van der Waals surface area contributed by atoms with Crippen molar-refractivity contribution >= 4 is 45.0 Å². The van der Waals surface area contributed by atoms with Crippen molar-refractivity contribution < 1.29 is 9.13 Å². The number of fused-ring (bicyclic) bond motifs is 3. The molecule has 5 aromatic rings. The second kappa shape index (κ2) is 6.91. The number of imidazole rings is 1. The molecular weight excluding hydrogens is 415 g/mol. The van der Waals surface area contributed by atoms with Crippen molar-refractivity contribution in [2.45, 2.75) is 0 Å². The fourth-order valence-electron chi connectivity index (χ4n) is 2.91. The zero-order chi connectivity index (χ0) is 20.0. The van der Waals surface area contributed by atoms with Crippen LogP contribution in [0.1, 0.15) is 5.56 Å². The molecule has 0 saturated carbocycles. The Bertz CT molecular complexity index is 1480. The lowest BCUT2D eigenvalue weighted by Crippen LogP contribution is -2.22. The van der Waals surface area contributed by atoms with Crippen LogP contribution in [0.3, 0.4) is 0 Å². The van der Waals surface area contributed by atoms with Gasteiger partial charge >= 0.3 is 0 Å². The monoisotopic (exact) mass is 424 g/mol. The summed E-state index contributed by atoms with van der Waals surface area (Å²) in [6.45, 7) is 0. The molecule has 3 heterocycles. The highest BCUT2D eigenvalue weighted by Crippen LogP contribution is 2.23. The van der Waals surface area contributed by atoms with E-state index >= 15 is 0 Å². The van der Waals surface area contributed by atoms with Crippen molar-refractivity contribution in [2.24, 2.45) is 0 Å². The average Bonchev–Trinajstić information content (AvgIpc) is 3.22. The maximum Gasteiger partial charge on any atom is 0.274 e. The van der Waals surface area contributed by atoms with E-state index in [4.69, 9.17) is 16.3 Å². The Morgan fingerprint density at radius 3 is 2.72 bits per heavy atom. The van der Waals surface area contributed by atoms with Crippen molar-refractivity contribution in [3.63, 3.8) is 0 Å². The van der Waals surface area contributed by atoms with Gasteiger partial charge in [-0.2, -0.15) is 9.37 Å². The van der Waals surface area contributed by atoms with Crippen molar-refractivity contribution in [3.8, 4) is 11.6 Å². The molecule has 0 amide bonds. The molecule has 0 N–H and O–H groups in total. The van der Waals surface area contributed by atoms with Gasteiger partial charge in [0.15, 0.2) is 4.96 Å². The van der Waals surface area contributed by atoms with E-state index in [-0.39, 0.29) is 16.7 Å². The number of hydrogen-bond donors (Lipinski definition) is 0. The lowest BCUT2D eigenvalue weighted by atomic mass is 10.2. The fourth-order valence-corrected chi connectivity index (χ4v) is 4.02. The van der Waals surface area contributed by atoms with Crippen molar-refractivity contribution in [2.75, 3.05) is 0 Å². The van der Waals surface area contributed by atoms with Gasteiger partial charge in [-0.3, -0.25) is 4.79 Å². The van der Waals surface area contributed by atoms with Gasteiger partial charge in [0, 0.05) is 0 Å². The molecule has 6 nitrogen and oxygen atoms in total. The molecule has 0 aliphatic carbocycles.